The third-order valence-electron chi connectivity index (χ3n) is 3.25. The van der Waals surface area contributed by atoms with Crippen LogP contribution in [0, 0.1) is 11.6 Å². The lowest BCUT2D eigenvalue weighted by molar-refractivity contribution is 0.103. The Bertz CT molecular complexity index is 929. The predicted molar refractivity (Wildman–Crippen MR) is 77.5 cm³/mol. The second kappa shape index (κ2) is 5.60. The van der Waals surface area contributed by atoms with Crippen LogP contribution in [-0.2, 0) is 0 Å². The molecule has 0 unspecified atom stereocenters. The normalized spacial score (nSPS) is 10.7. The SMILES string of the molecule is COc1cnc2ccc(C(=O)c3cc(O)cc(F)c3F)cc2n1. The molecular weight excluding hydrogens is 306 g/mol. The number of hydrogen-bond acceptors (Lipinski definition) is 5. The fourth-order valence-corrected chi connectivity index (χ4v) is 2.13. The topological polar surface area (TPSA) is 72.3 Å². The van der Waals surface area contributed by atoms with Gasteiger partial charge in [0, 0.05) is 11.6 Å². The summed E-state index contributed by atoms with van der Waals surface area (Å²) in [5, 5.41) is 9.36. The van der Waals surface area contributed by atoms with Crippen LogP contribution in [0.2, 0.25) is 0 Å². The molecule has 0 spiro atoms. The number of phenols is 1. The fraction of sp³-hybridized carbons (Fsp3) is 0.0625. The van der Waals surface area contributed by atoms with E-state index in [2.05, 4.69) is 9.97 Å². The Morgan fingerprint density at radius 1 is 1.17 bits per heavy atom. The maximum atomic E-state index is 13.8. The molecule has 0 fully saturated rings. The first-order valence-electron chi connectivity index (χ1n) is 6.53. The Labute approximate surface area is 129 Å². The molecule has 0 atom stereocenters. The summed E-state index contributed by atoms with van der Waals surface area (Å²) >= 11 is 0. The van der Waals surface area contributed by atoms with Gasteiger partial charge in [-0.3, -0.25) is 4.79 Å². The number of halogens is 2. The number of aromatic nitrogens is 2. The number of ketones is 1. The van der Waals surface area contributed by atoms with Gasteiger partial charge >= 0.3 is 0 Å². The highest BCUT2D eigenvalue weighted by molar-refractivity contribution is 6.10. The Balaban J connectivity index is 2.11. The van der Waals surface area contributed by atoms with Gasteiger partial charge in [0.2, 0.25) is 5.88 Å². The van der Waals surface area contributed by atoms with Gasteiger partial charge in [0.15, 0.2) is 17.4 Å². The maximum Gasteiger partial charge on any atom is 0.232 e. The van der Waals surface area contributed by atoms with Crippen LogP contribution >= 0.6 is 0 Å². The van der Waals surface area contributed by atoms with Crippen molar-refractivity contribution < 1.29 is 23.4 Å². The van der Waals surface area contributed by atoms with E-state index in [1.54, 1.807) is 0 Å². The van der Waals surface area contributed by atoms with Crippen LogP contribution in [-0.4, -0.2) is 28.0 Å². The van der Waals surface area contributed by atoms with Gasteiger partial charge in [-0.1, -0.05) is 0 Å². The summed E-state index contributed by atoms with van der Waals surface area (Å²) in [6.45, 7) is 0. The molecule has 0 bridgehead atoms. The smallest absolute Gasteiger partial charge is 0.232 e. The Kier molecular flexibility index (Phi) is 3.61. The Hall–Kier alpha value is -3.09. The largest absolute Gasteiger partial charge is 0.508 e. The van der Waals surface area contributed by atoms with Gasteiger partial charge in [0.1, 0.15) is 5.75 Å². The van der Waals surface area contributed by atoms with Crippen LogP contribution in [0.25, 0.3) is 11.0 Å². The Morgan fingerprint density at radius 2 is 1.96 bits per heavy atom. The number of rotatable bonds is 3. The summed E-state index contributed by atoms with van der Waals surface area (Å²) in [7, 11) is 1.43. The van der Waals surface area contributed by atoms with E-state index in [1.165, 1.54) is 31.5 Å². The molecule has 7 heteroatoms. The zero-order chi connectivity index (χ0) is 16.6. The number of carbonyl (C=O) groups excluding carboxylic acids is 1. The van der Waals surface area contributed by atoms with Crippen molar-refractivity contribution in [3.8, 4) is 11.6 Å². The second-order valence-corrected chi connectivity index (χ2v) is 4.73. The molecule has 23 heavy (non-hydrogen) atoms. The lowest BCUT2D eigenvalue weighted by Crippen LogP contribution is -2.06. The first-order chi connectivity index (χ1) is 11.0. The first-order valence-corrected chi connectivity index (χ1v) is 6.53. The van der Waals surface area contributed by atoms with E-state index in [0.29, 0.717) is 17.1 Å². The summed E-state index contributed by atoms with van der Waals surface area (Å²) in [5.74, 6) is -3.66. The summed E-state index contributed by atoms with van der Waals surface area (Å²) in [5.41, 5.74) is 0.419. The quantitative estimate of drug-likeness (QED) is 0.752. The van der Waals surface area contributed by atoms with Gasteiger partial charge in [-0.25, -0.2) is 18.7 Å². The lowest BCUT2D eigenvalue weighted by Gasteiger charge is -2.06. The van der Waals surface area contributed by atoms with E-state index in [9.17, 15) is 18.7 Å². The molecule has 0 aliphatic carbocycles. The van der Waals surface area contributed by atoms with Crippen LogP contribution in [0.15, 0.2) is 36.5 Å². The van der Waals surface area contributed by atoms with E-state index >= 15 is 0 Å². The van der Waals surface area contributed by atoms with Crippen LogP contribution in [0.5, 0.6) is 11.6 Å². The van der Waals surface area contributed by atoms with Crippen LogP contribution in [0.3, 0.4) is 0 Å². The van der Waals surface area contributed by atoms with Gasteiger partial charge in [0.05, 0.1) is 29.9 Å². The number of benzene rings is 2. The van der Waals surface area contributed by atoms with E-state index in [-0.39, 0.29) is 11.4 Å². The molecule has 3 aromatic rings. The highest BCUT2D eigenvalue weighted by Gasteiger charge is 2.19. The molecule has 1 heterocycles. The minimum Gasteiger partial charge on any atom is -0.508 e. The number of nitrogens with zero attached hydrogens (tertiary/aromatic N) is 2. The molecule has 3 rings (SSSR count). The molecule has 0 amide bonds. The zero-order valence-electron chi connectivity index (χ0n) is 11.9. The highest BCUT2D eigenvalue weighted by atomic mass is 19.2. The number of aromatic hydroxyl groups is 1. The fourth-order valence-electron chi connectivity index (χ4n) is 2.13. The average molecular weight is 316 g/mol. The van der Waals surface area contributed by atoms with Crippen molar-refractivity contribution in [3.63, 3.8) is 0 Å². The highest BCUT2D eigenvalue weighted by Crippen LogP contribution is 2.23. The van der Waals surface area contributed by atoms with Crippen molar-refractivity contribution in [2.75, 3.05) is 7.11 Å². The molecule has 5 nitrogen and oxygen atoms in total. The van der Waals surface area contributed by atoms with Gasteiger partial charge in [0.25, 0.3) is 0 Å². The van der Waals surface area contributed by atoms with Crippen molar-refractivity contribution >= 4 is 16.8 Å². The molecular formula is C16H10F2N2O3. The van der Waals surface area contributed by atoms with Gasteiger partial charge in [-0.05, 0) is 24.3 Å². The number of carbonyl (C=O) groups is 1. The summed E-state index contributed by atoms with van der Waals surface area (Å²) in [4.78, 5) is 20.6. The minimum atomic E-state index is -1.32. The Morgan fingerprint density at radius 3 is 2.70 bits per heavy atom. The third-order valence-corrected chi connectivity index (χ3v) is 3.25. The average Bonchev–Trinajstić information content (AvgIpc) is 2.56. The first kappa shape index (κ1) is 14.8. The molecule has 0 saturated carbocycles. The lowest BCUT2D eigenvalue weighted by atomic mass is 10.0. The predicted octanol–water partition coefficient (Wildman–Crippen LogP) is 2.85. The van der Waals surface area contributed by atoms with Gasteiger partial charge < -0.3 is 9.84 Å². The standard InChI is InChI=1S/C16H10F2N2O3/c1-23-14-7-19-12-3-2-8(4-13(12)20-14)16(22)10-5-9(21)6-11(17)15(10)18/h2-7,21H,1H3. The summed E-state index contributed by atoms with van der Waals surface area (Å²) < 4.78 is 32.1. The third kappa shape index (κ3) is 2.68. The van der Waals surface area contributed by atoms with E-state index in [4.69, 9.17) is 4.74 Å². The van der Waals surface area contributed by atoms with Crippen molar-refractivity contribution in [1.82, 2.24) is 9.97 Å². The molecule has 2 aromatic carbocycles. The monoisotopic (exact) mass is 316 g/mol. The maximum absolute atomic E-state index is 13.8. The number of phenolic OH excluding ortho intramolecular Hbond substituents is 1. The van der Waals surface area contributed by atoms with Crippen molar-refractivity contribution in [2.45, 2.75) is 0 Å². The van der Waals surface area contributed by atoms with E-state index in [1.807, 2.05) is 0 Å². The molecule has 0 radical (unpaired) electrons. The molecule has 0 aliphatic rings. The molecule has 116 valence electrons. The number of fused-ring (bicyclic) bond motifs is 1. The van der Waals surface area contributed by atoms with Crippen LogP contribution in [0.4, 0.5) is 8.78 Å². The second-order valence-electron chi connectivity index (χ2n) is 4.73. The number of hydrogen-bond donors (Lipinski definition) is 1. The molecule has 1 aromatic heterocycles. The summed E-state index contributed by atoms with van der Waals surface area (Å²) in [6, 6.07) is 5.83. The molecule has 1 N–H and O–H groups in total. The van der Waals surface area contributed by atoms with Gasteiger partial charge in [-0.15, -0.1) is 0 Å². The number of methoxy groups -OCH3 is 1. The summed E-state index contributed by atoms with van der Waals surface area (Å²) in [6.07, 6.45) is 1.42. The molecule has 0 aliphatic heterocycles. The minimum absolute atomic E-state index is 0.0870. The van der Waals surface area contributed by atoms with Crippen molar-refractivity contribution in [1.29, 1.82) is 0 Å². The molecule has 0 saturated heterocycles. The van der Waals surface area contributed by atoms with Crippen molar-refractivity contribution in [3.05, 3.63) is 59.3 Å². The van der Waals surface area contributed by atoms with Crippen molar-refractivity contribution in [2.24, 2.45) is 0 Å². The van der Waals surface area contributed by atoms with Crippen LogP contribution < -0.4 is 4.74 Å². The van der Waals surface area contributed by atoms with E-state index < -0.39 is 28.7 Å². The number of ether oxygens (including phenoxy) is 1. The zero-order valence-corrected chi connectivity index (χ0v) is 11.9. The van der Waals surface area contributed by atoms with Gasteiger partial charge in [-0.2, -0.15) is 0 Å². The van der Waals surface area contributed by atoms with E-state index in [0.717, 1.165) is 6.07 Å². The van der Waals surface area contributed by atoms with Crippen LogP contribution in [0.1, 0.15) is 15.9 Å².